The van der Waals surface area contributed by atoms with Crippen molar-refractivity contribution in [1.29, 1.82) is 0 Å². The zero-order valence-electron chi connectivity index (χ0n) is 7.04. The van der Waals surface area contributed by atoms with Gasteiger partial charge in [0, 0.05) is 0 Å². The molecule has 0 aromatic heterocycles. The molecule has 1 fully saturated rings. The summed E-state index contributed by atoms with van der Waals surface area (Å²) in [7, 11) is 0. The van der Waals surface area contributed by atoms with Crippen molar-refractivity contribution in [2.24, 2.45) is 11.8 Å². The molecule has 1 heteroatoms. The molecule has 0 aliphatic heterocycles. The van der Waals surface area contributed by atoms with Crippen molar-refractivity contribution in [1.82, 2.24) is 0 Å². The lowest BCUT2D eigenvalue weighted by atomic mass is 10.1. The number of terminal acetylenes is 1. The molecule has 0 amide bonds. The Bertz CT molecular complexity index is 209. The minimum absolute atomic E-state index is 0.318. The number of hydrogen-bond acceptors (Lipinski definition) is 1. The summed E-state index contributed by atoms with van der Waals surface area (Å²) in [4.78, 5) is 0. The highest BCUT2D eigenvalue weighted by atomic mass is 16.3. The largest absolute Gasteiger partial charge is 0.389 e. The highest BCUT2D eigenvalue weighted by Crippen LogP contribution is 2.41. The molecule has 1 saturated carbocycles. The first-order valence-electron chi connectivity index (χ1n) is 3.98. The van der Waals surface area contributed by atoms with Crippen LogP contribution in [0.5, 0.6) is 0 Å². The average molecular weight is 150 g/mol. The van der Waals surface area contributed by atoms with Crippen molar-refractivity contribution in [2.75, 3.05) is 0 Å². The molecule has 3 unspecified atom stereocenters. The quantitative estimate of drug-likeness (QED) is 0.592. The summed E-state index contributed by atoms with van der Waals surface area (Å²) in [6.07, 6.45) is 7.73. The first-order valence-corrected chi connectivity index (χ1v) is 3.98. The van der Waals surface area contributed by atoms with E-state index < -0.39 is 0 Å². The van der Waals surface area contributed by atoms with Crippen LogP contribution < -0.4 is 0 Å². The second-order valence-electron chi connectivity index (χ2n) is 3.36. The van der Waals surface area contributed by atoms with Gasteiger partial charge in [-0.25, -0.2) is 0 Å². The predicted molar refractivity (Wildman–Crippen MR) is 45.9 cm³/mol. The zero-order valence-corrected chi connectivity index (χ0v) is 7.04. The van der Waals surface area contributed by atoms with Crippen LogP contribution in [0.15, 0.2) is 11.6 Å². The van der Waals surface area contributed by atoms with Crippen molar-refractivity contribution in [3.8, 4) is 12.3 Å². The highest BCUT2D eigenvalue weighted by molar-refractivity contribution is 5.24. The van der Waals surface area contributed by atoms with E-state index in [0.29, 0.717) is 11.8 Å². The Morgan fingerprint density at radius 3 is 2.73 bits per heavy atom. The lowest BCUT2D eigenvalue weighted by molar-refractivity contribution is 0.193. The van der Waals surface area contributed by atoms with Gasteiger partial charge in [-0.05, 0) is 36.8 Å². The third-order valence-corrected chi connectivity index (χ3v) is 2.26. The molecular formula is C10H14O. The zero-order chi connectivity index (χ0) is 8.43. The minimum atomic E-state index is -0.318. The Morgan fingerprint density at radius 2 is 2.36 bits per heavy atom. The van der Waals surface area contributed by atoms with E-state index in [2.05, 4.69) is 12.8 Å². The van der Waals surface area contributed by atoms with Gasteiger partial charge in [-0.1, -0.05) is 12.8 Å². The smallest absolute Gasteiger partial charge is 0.0763 e. The maximum Gasteiger partial charge on any atom is 0.0763 e. The van der Waals surface area contributed by atoms with E-state index in [4.69, 9.17) is 6.42 Å². The normalized spacial score (nSPS) is 32.7. The molecule has 0 radical (unpaired) electrons. The third kappa shape index (κ3) is 2.10. The molecule has 0 spiro atoms. The fraction of sp³-hybridized carbons (Fsp3) is 0.600. The molecule has 60 valence electrons. The fourth-order valence-corrected chi connectivity index (χ4v) is 1.25. The Kier molecular flexibility index (Phi) is 2.36. The Hall–Kier alpha value is -0.740. The van der Waals surface area contributed by atoms with Crippen LogP contribution in [0.25, 0.3) is 0 Å². The Morgan fingerprint density at radius 1 is 1.82 bits per heavy atom. The molecule has 1 N–H and O–H groups in total. The second kappa shape index (κ2) is 3.11. The van der Waals surface area contributed by atoms with E-state index in [-0.39, 0.29) is 6.10 Å². The van der Waals surface area contributed by atoms with Crippen molar-refractivity contribution >= 4 is 0 Å². The first-order chi connectivity index (χ1) is 5.15. The van der Waals surface area contributed by atoms with Crippen LogP contribution in [0.3, 0.4) is 0 Å². The lowest BCUT2D eigenvalue weighted by Crippen LogP contribution is -2.06. The minimum Gasteiger partial charge on any atom is -0.389 e. The Balaban J connectivity index is 2.44. The van der Waals surface area contributed by atoms with E-state index in [1.807, 2.05) is 6.92 Å². The van der Waals surface area contributed by atoms with Gasteiger partial charge in [-0.3, -0.25) is 0 Å². The van der Waals surface area contributed by atoms with E-state index in [0.717, 1.165) is 12.0 Å². The maximum absolute atomic E-state index is 9.49. The van der Waals surface area contributed by atoms with Gasteiger partial charge in [0.15, 0.2) is 0 Å². The summed E-state index contributed by atoms with van der Waals surface area (Å²) in [5.41, 5.74) is 0.830. The number of allylic oxidation sites excluding steroid dienone is 1. The van der Waals surface area contributed by atoms with Crippen LogP contribution >= 0.6 is 0 Å². The molecule has 11 heavy (non-hydrogen) atoms. The SMILES string of the molecule is C#C/C(C)=C\C(O)C1CC1C. The summed E-state index contributed by atoms with van der Waals surface area (Å²) in [5.74, 6) is 3.62. The molecule has 1 aliphatic carbocycles. The van der Waals surface area contributed by atoms with Crippen molar-refractivity contribution < 1.29 is 5.11 Å². The molecule has 1 rings (SSSR count). The number of aliphatic hydroxyl groups is 1. The van der Waals surface area contributed by atoms with Gasteiger partial charge >= 0.3 is 0 Å². The van der Waals surface area contributed by atoms with Crippen molar-refractivity contribution in [3.63, 3.8) is 0 Å². The summed E-state index contributed by atoms with van der Waals surface area (Å²) in [5, 5.41) is 9.49. The molecule has 0 saturated heterocycles. The molecule has 1 aliphatic rings. The molecule has 0 aromatic carbocycles. The summed E-state index contributed by atoms with van der Waals surface area (Å²) in [6, 6.07) is 0. The molecular weight excluding hydrogens is 136 g/mol. The molecule has 3 atom stereocenters. The van der Waals surface area contributed by atoms with E-state index in [9.17, 15) is 5.11 Å². The maximum atomic E-state index is 9.49. The standard InChI is InChI=1S/C10H14O/c1-4-7(2)5-10(11)9-6-8(9)3/h1,5,8-11H,6H2,2-3H3/b7-5-. The van der Waals surface area contributed by atoms with Crippen LogP contribution in [0.1, 0.15) is 20.3 Å². The number of hydrogen-bond donors (Lipinski definition) is 1. The van der Waals surface area contributed by atoms with E-state index in [1.54, 1.807) is 6.08 Å². The van der Waals surface area contributed by atoms with Gasteiger partial charge < -0.3 is 5.11 Å². The predicted octanol–water partition coefficient (Wildman–Crippen LogP) is 1.58. The highest BCUT2D eigenvalue weighted by Gasteiger charge is 2.37. The van der Waals surface area contributed by atoms with Crippen LogP contribution in [-0.4, -0.2) is 11.2 Å². The van der Waals surface area contributed by atoms with Gasteiger partial charge in [0.1, 0.15) is 0 Å². The summed E-state index contributed by atoms with van der Waals surface area (Å²) in [6.45, 7) is 3.99. The summed E-state index contributed by atoms with van der Waals surface area (Å²) >= 11 is 0. The van der Waals surface area contributed by atoms with Gasteiger partial charge in [-0.15, -0.1) is 6.42 Å². The monoisotopic (exact) mass is 150 g/mol. The van der Waals surface area contributed by atoms with Crippen molar-refractivity contribution in [3.05, 3.63) is 11.6 Å². The van der Waals surface area contributed by atoms with E-state index in [1.165, 1.54) is 0 Å². The van der Waals surface area contributed by atoms with Gasteiger partial charge in [0.2, 0.25) is 0 Å². The second-order valence-corrected chi connectivity index (χ2v) is 3.36. The average Bonchev–Trinajstić information content (AvgIpc) is 2.66. The van der Waals surface area contributed by atoms with Gasteiger partial charge in [0.05, 0.1) is 6.10 Å². The van der Waals surface area contributed by atoms with Crippen LogP contribution in [0.4, 0.5) is 0 Å². The van der Waals surface area contributed by atoms with Gasteiger partial charge in [-0.2, -0.15) is 0 Å². The molecule has 0 aromatic rings. The first kappa shape index (κ1) is 8.36. The lowest BCUT2D eigenvalue weighted by Gasteiger charge is -2.02. The molecule has 1 nitrogen and oxygen atoms in total. The fourth-order valence-electron chi connectivity index (χ4n) is 1.25. The van der Waals surface area contributed by atoms with Crippen LogP contribution in [-0.2, 0) is 0 Å². The van der Waals surface area contributed by atoms with Gasteiger partial charge in [0.25, 0.3) is 0 Å². The third-order valence-electron chi connectivity index (χ3n) is 2.26. The number of rotatable bonds is 2. The Labute approximate surface area is 68.1 Å². The van der Waals surface area contributed by atoms with Crippen molar-refractivity contribution in [2.45, 2.75) is 26.4 Å². The topological polar surface area (TPSA) is 20.2 Å². The van der Waals surface area contributed by atoms with Crippen LogP contribution in [0, 0.1) is 24.2 Å². The summed E-state index contributed by atoms with van der Waals surface area (Å²) < 4.78 is 0. The molecule has 0 bridgehead atoms. The van der Waals surface area contributed by atoms with E-state index >= 15 is 0 Å². The van der Waals surface area contributed by atoms with Crippen LogP contribution in [0.2, 0.25) is 0 Å². The molecule has 0 heterocycles. The number of aliphatic hydroxyl groups excluding tert-OH is 1.